The Bertz CT molecular complexity index is 1440. The summed E-state index contributed by atoms with van der Waals surface area (Å²) in [6.45, 7) is 12.0. The second-order valence-electron chi connectivity index (χ2n) is 11.6. The van der Waals surface area contributed by atoms with Gasteiger partial charge in [0.2, 0.25) is 5.91 Å². The van der Waals surface area contributed by atoms with Crippen molar-refractivity contribution in [3.05, 3.63) is 83.4 Å². The van der Waals surface area contributed by atoms with Crippen LogP contribution in [0, 0.1) is 18.8 Å². The van der Waals surface area contributed by atoms with E-state index in [0.29, 0.717) is 31.9 Å². The first-order valence-corrected chi connectivity index (χ1v) is 14.5. The molecule has 0 saturated carbocycles. The van der Waals surface area contributed by atoms with Gasteiger partial charge in [-0.25, -0.2) is 4.79 Å². The second kappa shape index (κ2) is 14.1. The third-order valence-corrected chi connectivity index (χ3v) is 6.87. The highest BCUT2D eigenvalue weighted by Gasteiger charge is 2.28. The van der Waals surface area contributed by atoms with Crippen molar-refractivity contribution >= 4 is 23.0 Å². The van der Waals surface area contributed by atoms with E-state index in [-0.39, 0.29) is 24.3 Å². The standard InChI is InChI=1S/C33H42N4O5/c1-22(2)18-37(19-23(3)4)32(38)30(34-33(39)42-20-26-9-12-31-27(16-26)13-14-40-31)17-25-7-10-29(11-8-25)41-21-28-15-24(5)36(6)35-28/h7-16,22-23,30H,17-21H2,1-6H3,(H,34,39)/t30-/m0/s1. The van der Waals surface area contributed by atoms with Gasteiger partial charge in [0.25, 0.3) is 0 Å². The maximum atomic E-state index is 13.8. The van der Waals surface area contributed by atoms with Crippen molar-refractivity contribution in [3.63, 3.8) is 0 Å². The lowest BCUT2D eigenvalue weighted by atomic mass is 10.0. The first kappa shape index (κ1) is 30.7. The Balaban J connectivity index is 1.44. The van der Waals surface area contributed by atoms with Crippen molar-refractivity contribution in [2.45, 2.75) is 60.3 Å². The number of hydrogen-bond donors (Lipinski definition) is 1. The minimum absolute atomic E-state index is 0.0808. The Kier molecular flexibility index (Phi) is 10.3. The number of rotatable bonds is 13. The number of aromatic nitrogens is 2. The van der Waals surface area contributed by atoms with Crippen molar-refractivity contribution in [3.8, 4) is 5.75 Å². The van der Waals surface area contributed by atoms with Crippen LogP contribution in [0.4, 0.5) is 4.79 Å². The molecule has 0 spiro atoms. The number of carbonyl (C=O) groups excluding carboxylic acids is 2. The van der Waals surface area contributed by atoms with Crippen LogP contribution < -0.4 is 10.1 Å². The number of carbonyl (C=O) groups is 2. The van der Waals surface area contributed by atoms with Gasteiger partial charge in [-0.2, -0.15) is 5.10 Å². The van der Waals surface area contributed by atoms with Gasteiger partial charge < -0.3 is 24.1 Å². The Morgan fingerprint density at radius 3 is 2.29 bits per heavy atom. The lowest BCUT2D eigenvalue weighted by molar-refractivity contribution is -0.134. The van der Waals surface area contributed by atoms with Crippen LogP contribution in [0.5, 0.6) is 5.75 Å². The van der Waals surface area contributed by atoms with Gasteiger partial charge in [-0.05, 0) is 66.3 Å². The van der Waals surface area contributed by atoms with E-state index in [2.05, 4.69) is 38.1 Å². The zero-order valence-electron chi connectivity index (χ0n) is 25.4. The number of aryl methyl sites for hydroxylation is 2. The van der Waals surface area contributed by atoms with E-state index < -0.39 is 12.1 Å². The fourth-order valence-electron chi connectivity index (χ4n) is 4.82. The molecule has 4 rings (SSSR count). The Labute approximate surface area is 247 Å². The highest BCUT2D eigenvalue weighted by Crippen LogP contribution is 2.19. The monoisotopic (exact) mass is 574 g/mol. The molecule has 0 bridgehead atoms. The molecule has 2 amide bonds. The van der Waals surface area contributed by atoms with Gasteiger partial charge in [0.15, 0.2) is 0 Å². The largest absolute Gasteiger partial charge is 0.487 e. The van der Waals surface area contributed by atoms with E-state index in [4.69, 9.17) is 13.9 Å². The zero-order chi connectivity index (χ0) is 30.2. The Morgan fingerprint density at radius 1 is 0.952 bits per heavy atom. The number of benzene rings is 2. The van der Waals surface area contributed by atoms with Gasteiger partial charge in [0.1, 0.15) is 36.3 Å². The van der Waals surface area contributed by atoms with Gasteiger partial charge in [0.05, 0.1) is 6.26 Å². The minimum Gasteiger partial charge on any atom is -0.487 e. The summed E-state index contributed by atoms with van der Waals surface area (Å²) >= 11 is 0. The van der Waals surface area contributed by atoms with E-state index in [1.165, 1.54) is 0 Å². The summed E-state index contributed by atoms with van der Waals surface area (Å²) in [6.07, 6.45) is 1.31. The smallest absolute Gasteiger partial charge is 0.408 e. The highest BCUT2D eigenvalue weighted by atomic mass is 16.5. The topological polar surface area (TPSA) is 98.8 Å². The van der Waals surface area contributed by atoms with Gasteiger partial charge in [-0.3, -0.25) is 9.48 Å². The summed E-state index contributed by atoms with van der Waals surface area (Å²) in [7, 11) is 1.90. The van der Waals surface area contributed by atoms with Crippen LogP contribution in [-0.4, -0.2) is 45.8 Å². The molecule has 2 aromatic carbocycles. The quantitative estimate of drug-likeness (QED) is 0.209. The average Bonchev–Trinajstić information content (AvgIpc) is 3.54. The van der Waals surface area contributed by atoms with Gasteiger partial charge in [-0.1, -0.05) is 45.9 Å². The summed E-state index contributed by atoms with van der Waals surface area (Å²) in [5.41, 5.74) is 4.42. The van der Waals surface area contributed by atoms with E-state index in [9.17, 15) is 9.59 Å². The Morgan fingerprint density at radius 2 is 1.64 bits per heavy atom. The van der Waals surface area contributed by atoms with Crippen molar-refractivity contribution in [2.75, 3.05) is 13.1 Å². The lowest BCUT2D eigenvalue weighted by Gasteiger charge is -2.30. The third kappa shape index (κ3) is 8.61. The molecule has 224 valence electrons. The maximum absolute atomic E-state index is 13.8. The molecule has 4 aromatic rings. The van der Waals surface area contributed by atoms with Crippen LogP contribution in [0.2, 0.25) is 0 Å². The fourth-order valence-corrected chi connectivity index (χ4v) is 4.82. The molecule has 0 unspecified atom stereocenters. The van der Waals surface area contributed by atoms with Crippen LogP contribution in [0.25, 0.3) is 11.0 Å². The maximum Gasteiger partial charge on any atom is 0.408 e. The number of alkyl carbamates (subject to hydrolysis) is 1. The molecule has 0 aliphatic rings. The summed E-state index contributed by atoms with van der Waals surface area (Å²) < 4.78 is 18.6. The lowest BCUT2D eigenvalue weighted by Crippen LogP contribution is -2.51. The number of nitrogens with one attached hydrogen (secondary N) is 1. The molecular formula is C33H42N4O5. The predicted octanol–water partition coefficient (Wildman–Crippen LogP) is 6.03. The summed E-state index contributed by atoms with van der Waals surface area (Å²) in [5, 5.41) is 8.21. The molecule has 0 fully saturated rings. The molecule has 42 heavy (non-hydrogen) atoms. The van der Waals surface area contributed by atoms with Crippen molar-refractivity contribution in [1.29, 1.82) is 0 Å². The molecule has 1 atom stereocenters. The first-order chi connectivity index (χ1) is 20.1. The number of hydrogen-bond acceptors (Lipinski definition) is 6. The van der Waals surface area contributed by atoms with Crippen molar-refractivity contribution in [1.82, 2.24) is 20.0 Å². The second-order valence-corrected chi connectivity index (χ2v) is 11.6. The number of ether oxygens (including phenoxy) is 2. The van der Waals surface area contributed by atoms with Crippen molar-refractivity contribution in [2.24, 2.45) is 18.9 Å². The fraction of sp³-hybridized carbons (Fsp3) is 0.424. The highest BCUT2D eigenvalue weighted by molar-refractivity contribution is 5.86. The van der Waals surface area contributed by atoms with Crippen LogP contribution >= 0.6 is 0 Å². The molecule has 0 radical (unpaired) electrons. The zero-order valence-corrected chi connectivity index (χ0v) is 25.4. The van der Waals surface area contributed by atoms with E-state index in [1.807, 2.05) is 78.2 Å². The van der Waals surface area contributed by atoms with Crippen LogP contribution in [0.3, 0.4) is 0 Å². The number of furan rings is 1. The molecule has 0 aliphatic heterocycles. The molecule has 0 saturated heterocycles. The van der Waals surface area contributed by atoms with Crippen LogP contribution in [-0.2, 0) is 36.2 Å². The summed E-state index contributed by atoms with van der Waals surface area (Å²) in [4.78, 5) is 28.6. The van der Waals surface area contributed by atoms with Crippen LogP contribution in [0.1, 0.15) is 50.2 Å². The Hall–Kier alpha value is -4.27. The van der Waals surface area contributed by atoms with Gasteiger partial charge in [-0.15, -0.1) is 0 Å². The SMILES string of the molecule is Cc1cc(COc2ccc(C[C@H](NC(=O)OCc3ccc4occc4c3)C(=O)N(CC(C)C)CC(C)C)cc2)nn1C. The molecule has 2 heterocycles. The van der Waals surface area contributed by atoms with E-state index in [1.54, 1.807) is 6.26 Å². The van der Waals surface area contributed by atoms with Gasteiger partial charge in [0, 0.05) is 37.6 Å². The molecular weight excluding hydrogens is 532 g/mol. The van der Waals surface area contributed by atoms with Crippen molar-refractivity contribution < 1.29 is 23.5 Å². The first-order valence-electron chi connectivity index (χ1n) is 14.5. The number of nitrogens with zero attached hydrogens (tertiary/aromatic N) is 3. The average molecular weight is 575 g/mol. The predicted molar refractivity (Wildman–Crippen MR) is 162 cm³/mol. The van der Waals surface area contributed by atoms with Gasteiger partial charge >= 0.3 is 6.09 Å². The summed E-state index contributed by atoms with van der Waals surface area (Å²) in [5.74, 6) is 1.16. The molecule has 2 aromatic heterocycles. The van der Waals surface area contributed by atoms with E-state index >= 15 is 0 Å². The third-order valence-electron chi connectivity index (χ3n) is 6.87. The van der Waals surface area contributed by atoms with Crippen LogP contribution in [0.15, 0.2) is 65.3 Å². The van der Waals surface area contributed by atoms with E-state index in [0.717, 1.165) is 33.5 Å². The molecule has 9 heteroatoms. The molecule has 1 N–H and O–H groups in total. The molecule has 9 nitrogen and oxygen atoms in total. The number of fused-ring (bicyclic) bond motifs is 1. The molecule has 0 aliphatic carbocycles. The normalized spacial score (nSPS) is 12.1. The summed E-state index contributed by atoms with van der Waals surface area (Å²) in [6, 6.07) is 16.3. The minimum atomic E-state index is -0.783. The number of amides is 2.